The predicted molar refractivity (Wildman–Crippen MR) is 112 cm³/mol. The number of nitrogens with one attached hydrogen (secondary N) is 1. The molecule has 0 spiro atoms. The van der Waals surface area contributed by atoms with E-state index in [0.29, 0.717) is 22.0 Å². The van der Waals surface area contributed by atoms with Gasteiger partial charge in [0, 0.05) is 36.8 Å². The number of aromatic amines is 1. The molecular formula is C21H19ClN4O4. The molecule has 4 rings (SSSR count). The number of halogens is 1. The van der Waals surface area contributed by atoms with Gasteiger partial charge in [-0.25, -0.2) is 9.59 Å². The molecule has 0 aliphatic carbocycles. The maximum Gasteiger partial charge on any atom is 0.407 e. The van der Waals surface area contributed by atoms with E-state index in [4.69, 9.17) is 16.7 Å². The summed E-state index contributed by atoms with van der Waals surface area (Å²) in [6, 6.07) is 16.0. The van der Waals surface area contributed by atoms with Crippen molar-refractivity contribution in [2.45, 2.75) is 0 Å². The minimum atomic E-state index is -1.01. The van der Waals surface area contributed by atoms with E-state index in [9.17, 15) is 14.4 Å². The van der Waals surface area contributed by atoms with E-state index >= 15 is 0 Å². The first-order valence-electron chi connectivity index (χ1n) is 9.39. The number of H-pyrrole nitrogens is 1. The molecule has 1 fully saturated rings. The van der Waals surface area contributed by atoms with Crippen molar-refractivity contribution in [1.29, 1.82) is 0 Å². The van der Waals surface area contributed by atoms with Gasteiger partial charge in [0.05, 0.1) is 11.4 Å². The van der Waals surface area contributed by atoms with Gasteiger partial charge in [-0.3, -0.25) is 9.36 Å². The monoisotopic (exact) mass is 426 g/mol. The van der Waals surface area contributed by atoms with Gasteiger partial charge < -0.3 is 19.9 Å². The number of carboxylic acid groups (broad SMARTS) is 1. The summed E-state index contributed by atoms with van der Waals surface area (Å²) in [6.45, 7) is 0.936. The third-order valence-corrected chi connectivity index (χ3v) is 5.29. The van der Waals surface area contributed by atoms with Gasteiger partial charge >= 0.3 is 11.8 Å². The molecule has 0 unspecified atom stereocenters. The van der Waals surface area contributed by atoms with E-state index < -0.39 is 11.8 Å². The van der Waals surface area contributed by atoms with Crippen LogP contribution in [0.4, 0.5) is 4.79 Å². The van der Waals surface area contributed by atoms with Gasteiger partial charge in [-0.15, -0.1) is 0 Å². The fraction of sp³-hybridized carbons (Fsp3) is 0.190. The molecule has 1 aliphatic heterocycles. The van der Waals surface area contributed by atoms with Gasteiger partial charge in [0.2, 0.25) is 0 Å². The molecule has 8 nitrogen and oxygen atoms in total. The Kier molecular flexibility index (Phi) is 5.33. The highest BCUT2D eigenvalue weighted by molar-refractivity contribution is 6.30. The summed E-state index contributed by atoms with van der Waals surface area (Å²) < 4.78 is 1.45. The topological polar surface area (TPSA) is 98.6 Å². The Bertz CT molecular complexity index is 1150. The van der Waals surface area contributed by atoms with E-state index in [2.05, 4.69) is 4.98 Å². The van der Waals surface area contributed by atoms with E-state index in [1.807, 2.05) is 18.2 Å². The predicted octanol–water partition coefficient (Wildman–Crippen LogP) is 2.92. The second-order valence-corrected chi connectivity index (χ2v) is 7.33. The van der Waals surface area contributed by atoms with Gasteiger partial charge in [0.15, 0.2) is 0 Å². The van der Waals surface area contributed by atoms with E-state index in [-0.39, 0.29) is 37.8 Å². The van der Waals surface area contributed by atoms with Crippen LogP contribution in [0.25, 0.3) is 16.9 Å². The zero-order chi connectivity index (χ0) is 21.3. The Morgan fingerprint density at radius 1 is 0.933 bits per heavy atom. The van der Waals surface area contributed by atoms with Crippen molar-refractivity contribution in [1.82, 2.24) is 19.4 Å². The number of amides is 2. The number of para-hydroxylation sites is 1. The maximum atomic E-state index is 13.3. The van der Waals surface area contributed by atoms with Crippen molar-refractivity contribution in [2.75, 3.05) is 26.2 Å². The largest absolute Gasteiger partial charge is 0.465 e. The average Bonchev–Trinajstić information content (AvgIpc) is 3.11. The zero-order valence-corrected chi connectivity index (χ0v) is 16.7. The SMILES string of the molecule is O=C(O)N1CCN(C(=O)c2[nH]c(=O)n(-c3ccccc3)c2-c2cccc(Cl)c2)CC1. The highest BCUT2D eigenvalue weighted by atomic mass is 35.5. The van der Waals surface area contributed by atoms with Crippen LogP contribution in [0.3, 0.4) is 0 Å². The van der Waals surface area contributed by atoms with Crippen LogP contribution in [0, 0.1) is 0 Å². The number of hydrogen-bond acceptors (Lipinski definition) is 3. The van der Waals surface area contributed by atoms with Crippen LogP contribution in [-0.2, 0) is 0 Å². The van der Waals surface area contributed by atoms with Crippen molar-refractivity contribution >= 4 is 23.6 Å². The number of hydrogen-bond donors (Lipinski definition) is 2. The minimum absolute atomic E-state index is 0.148. The summed E-state index contributed by atoms with van der Waals surface area (Å²) in [7, 11) is 0. The molecule has 0 atom stereocenters. The number of benzene rings is 2. The van der Waals surface area contributed by atoms with Crippen LogP contribution < -0.4 is 5.69 Å². The van der Waals surface area contributed by atoms with Crippen LogP contribution in [-0.4, -0.2) is 62.6 Å². The number of carbonyl (C=O) groups excluding carboxylic acids is 1. The molecule has 2 N–H and O–H groups in total. The van der Waals surface area contributed by atoms with Crippen LogP contribution in [0.5, 0.6) is 0 Å². The van der Waals surface area contributed by atoms with E-state index in [1.165, 1.54) is 9.47 Å². The van der Waals surface area contributed by atoms with Crippen molar-refractivity contribution in [2.24, 2.45) is 0 Å². The first-order valence-corrected chi connectivity index (χ1v) is 9.77. The van der Waals surface area contributed by atoms with Gasteiger partial charge in [-0.2, -0.15) is 0 Å². The number of piperazine rings is 1. The molecule has 2 aromatic carbocycles. The lowest BCUT2D eigenvalue weighted by Crippen LogP contribution is -2.50. The van der Waals surface area contributed by atoms with Crippen molar-refractivity contribution in [3.05, 3.63) is 75.8 Å². The number of rotatable bonds is 3. The van der Waals surface area contributed by atoms with Gasteiger partial charge in [-0.05, 0) is 24.3 Å². The lowest BCUT2D eigenvalue weighted by Gasteiger charge is -2.33. The molecule has 1 saturated heterocycles. The smallest absolute Gasteiger partial charge is 0.407 e. The summed E-state index contributed by atoms with van der Waals surface area (Å²) in [4.78, 5) is 42.8. The Labute approximate surface area is 176 Å². The van der Waals surface area contributed by atoms with E-state index in [0.717, 1.165) is 0 Å². The lowest BCUT2D eigenvalue weighted by molar-refractivity contribution is 0.0620. The molecule has 2 amide bonds. The van der Waals surface area contributed by atoms with E-state index in [1.54, 1.807) is 41.3 Å². The number of aromatic nitrogens is 2. The number of carbonyl (C=O) groups is 2. The summed E-state index contributed by atoms with van der Waals surface area (Å²) in [5, 5.41) is 9.60. The number of imidazole rings is 1. The van der Waals surface area contributed by atoms with Gasteiger partial charge in [0.1, 0.15) is 5.69 Å². The fourth-order valence-electron chi connectivity index (χ4n) is 3.58. The summed E-state index contributed by atoms with van der Waals surface area (Å²) >= 11 is 6.17. The molecule has 154 valence electrons. The summed E-state index contributed by atoms with van der Waals surface area (Å²) in [5.41, 5.74) is 1.36. The Hall–Kier alpha value is -3.52. The Morgan fingerprint density at radius 2 is 1.60 bits per heavy atom. The average molecular weight is 427 g/mol. The standard InChI is InChI=1S/C21H19ClN4O4/c22-15-6-4-5-14(13-15)18-17(19(27)24-9-11-25(12-10-24)21(29)30)23-20(28)26(18)16-7-2-1-3-8-16/h1-8,13H,9-12H2,(H,23,28)(H,29,30). The Balaban J connectivity index is 1.80. The first kappa shape index (κ1) is 19.8. The second kappa shape index (κ2) is 8.08. The highest BCUT2D eigenvalue weighted by Gasteiger charge is 2.29. The van der Waals surface area contributed by atoms with Crippen LogP contribution in [0.15, 0.2) is 59.4 Å². The quantitative estimate of drug-likeness (QED) is 0.672. The molecule has 9 heteroatoms. The van der Waals surface area contributed by atoms with Crippen molar-refractivity contribution in [3.8, 4) is 16.9 Å². The molecule has 1 aliphatic rings. The molecule has 2 heterocycles. The molecule has 1 aromatic heterocycles. The molecule has 0 bridgehead atoms. The van der Waals surface area contributed by atoms with Gasteiger partial charge in [0.25, 0.3) is 5.91 Å². The Morgan fingerprint density at radius 3 is 2.23 bits per heavy atom. The molecular weight excluding hydrogens is 408 g/mol. The molecule has 3 aromatic rings. The summed E-state index contributed by atoms with van der Waals surface area (Å²) in [6.07, 6.45) is -1.01. The van der Waals surface area contributed by atoms with Crippen LogP contribution >= 0.6 is 11.6 Å². The third kappa shape index (κ3) is 3.69. The lowest BCUT2D eigenvalue weighted by atomic mass is 10.1. The number of nitrogens with zero attached hydrogens (tertiary/aromatic N) is 3. The van der Waals surface area contributed by atoms with Crippen molar-refractivity contribution in [3.63, 3.8) is 0 Å². The normalized spacial score (nSPS) is 14.0. The second-order valence-electron chi connectivity index (χ2n) is 6.90. The zero-order valence-electron chi connectivity index (χ0n) is 15.9. The minimum Gasteiger partial charge on any atom is -0.465 e. The van der Waals surface area contributed by atoms with Crippen LogP contribution in [0.1, 0.15) is 10.5 Å². The molecule has 0 saturated carbocycles. The van der Waals surface area contributed by atoms with Crippen LogP contribution in [0.2, 0.25) is 5.02 Å². The third-order valence-electron chi connectivity index (χ3n) is 5.06. The van der Waals surface area contributed by atoms with Crippen molar-refractivity contribution < 1.29 is 14.7 Å². The highest BCUT2D eigenvalue weighted by Crippen LogP contribution is 2.28. The summed E-state index contributed by atoms with van der Waals surface area (Å²) in [5.74, 6) is -0.359. The fourth-order valence-corrected chi connectivity index (χ4v) is 3.77. The maximum absolute atomic E-state index is 13.3. The molecule has 30 heavy (non-hydrogen) atoms. The first-order chi connectivity index (χ1) is 14.5. The molecule has 0 radical (unpaired) electrons. The van der Waals surface area contributed by atoms with Gasteiger partial charge in [-0.1, -0.05) is 41.9 Å².